The molecule has 0 aromatic heterocycles. The van der Waals surface area contributed by atoms with E-state index >= 15 is 0 Å². The van der Waals surface area contributed by atoms with Gasteiger partial charge in [0.2, 0.25) is 5.91 Å². The second-order valence-electron chi connectivity index (χ2n) is 9.06. The Bertz CT molecular complexity index is 811. The molecule has 3 N–H and O–H groups in total. The monoisotopic (exact) mass is 428 g/mol. The highest BCUT2D eigenvalue weighted by atomic mass is 16.3. The van der Waals surface area contributed by atoms with E-state index in [9.17, 15) is 19.5 Å². The predicted molar refractivity (Wildman–Crippen MR) is 115 cm³/mol. The lowest BCUT2D eigenvalue weighted by atomic mass is 9.82. The van der Waals surface area contributed by atoms with Crippen LogP contribution in [0.25, 0.3) is 0 Å². The van der Waals surface area contributed by atoms with Crippen LogP contribution in [0.15, 0.2) is 24.3 Å². The first kappa shape index (κ1) is 21.8. The quantitative estimate of drug-likeness (QED) is 0.596. The van der Waals surface area contributed by atoms with Crippen molar-refractivity contribution in [3.05, 3.63) is 35.4 Å². The van der Waals surface area contributed by atoms with Crippen molar-refractivity contribution in [1.29, 1.82) is 0 Å². The van der Waals surface area contributed by atoms with Gasteiger partial charge >= 0.3 is 6.03 Å². The molecule has 8 heteroatoms. The van der Waals surface area contributed by atoms with Gasteiger partial charge in [-0.2, -0.15) is 0 Å². The van der Waals surface area contributed by atoms with Crippen LogP contribution in [0.3, 0.4) is 0 Å². The van der Waals surface area contributed by atoms with E-state index in [2.05, 4.69) is 27.7 Å². The number of hydrogen-bond acceptors (Lipinski definition) is 5. The third-order valence-electron chi connectivity index (χ3n) is 6.73. The Hall–Kier alpha value is -2.45. The summed E-state index contributed by atoms with van der Waals surface area (Å²) in [6.07, 6.45) is 5.69. The molecular weight excluding hydrogens is 396 g/mol. The number of rotatable bonds is 6. The van der Waals surface area contributed by atoms with E-state index in [0.717, 1.165) is 62.2 Å². The van der Waals surface area contributed by atoms with Gasteiger partial charge in [-0.15, -0.1) is 0 Å². The highest BCUT2D eigenvalue weighted by Crippen LogP contribution is 2.33. The van der Waals surface area contributed by atoms with E-state index in [4.69, 9.17) is 0 Å². The molecule has 2 heterocycles. The lowest BCUT2D eigenvalue weighted by molar-refractivity contribution is -0.135. The largest absolute Gasteiger partial charge is 0.393 e. The molecule has 1 aromatic rings. The fraction of sp³-hybridized carbons (Fsp3) is 0.609. The molecule has 3 fully saturated rings. The zero-order valence-corrected chi connectivity index (χ0v) is 17.9. The van der Waals surface area contributed by atoms with Gasteiger partial charge in [0.05, 0.1) is 6.10 Å². The third-order valence-corrected chi connectivity index (χ3v) is 6.73. The number of piperidine rings is 1. The highest BCUT2D eigenvalue weighted by molar-refractivity contribution is 6.09. The van der Waals surface area contributed by atoms with Crippen LogP contribution in [0.5, 0.6) is 0 Å². The summed E-state index contributed by atoms with van der Waals surface area (Å²) in [5.41, 5.74) is 1.37. The maximum atomic E-state index is 12.8. The number of carbonyl (C=O) groups excluding carboxylic acids is 3. The van der Waals surface area contributed by atoms with Crippen LogP contribution in [-0.2, 0) is 22.7 Å². The molecule has 8 nitrogen and oxygen atoms in total. The van der Waals surface area contributed by atoms with Crippen LogP contribution in [0.2, 0.25) is 0 Å². The fourth-order valence-corrected chi connectivity index (χ4v) is 4.81. The summed E-state index contributed by atoms with van der Waals surface area (Å²) in [5, 5.41) is 15.3. The van der Waals surface area contributed by atoms with Crippen molar-refractivity contribution in [3.8, 4) is 0 Å². The first-order valence-electron chi connectivity index (χ1n) is 11.3. The Morgan fingerprint density at radius 1 is 1.06 bits per heavy atom. The number of likely N-dealkylation sites (tertiary alicyclic amines) is 1. The number of urea groups is 1. The molecule has 1 aliphatic carbocycles. The van der Waals surface area contributed by atoms with Gasteiger partial charge in [0.15, 0.2) is 0 Å². The Morgan fingerprint density at radius 3 is 2.39 bits per heavy atom. The average molecular weight is 429 g/mol. The number of aliphatic hydroxyl groups excluding tert-OH is 1. The summed E-state index contributed by atoms with van der Waals surface area (Å²) in [6.45, 7) is 2.77. The number of benzene rings is 1. The molecule has 0 bridgehead atoms. The minimum absolute atomic E-state index is 0.169. The topological polar surface area (TPSA) is 102 Å². The standard InChI is InChI=1S/C23H32N4O4/c28-19-8-12-26(13-9-19)15-18-6-4-17(5-7-18)14-24-20(29)16-27-21(30)23(25-22(27)31)10-2-1-3-11-23/h4-7,19,28H,1-3,8-16H2,(H,24,29)(H,25,31). The zero-order valence-electron chi connectivity index (χ0n) is 17.9. The summed E-state index contributed by atoms with van der Waals surface area (Å²) in [7, 11) is 0. The Balaban J connectivity index is 1.24. The summed E-state index contributed by atoms with van der Waals surface area (Å²) >= 11 is 0. The lowest BCUT2D eigenvalue weighted by Gasteiger charge is -2.30. The molecule has 4 amide bonds. The average Bonchev–Trinajstić information content (AvgIpc) is 2.99. The van der Waals surface area contributed by atoms with Crippen LogP contribution < -0.4 is 10.6 Å². The normalized spacial score (nSPS) is 22.0. The van der Waals surface area contributed by atoms with E-state index in [-0.39, 0.29) is 24.5 Å². The van der Waals surface area contributed by atoms with E-state index in [1.54, 1.807) is 0 Å². The number of imide groups is 1. The van der Waals surface area contributed by atoms with Crippen molar-refractivity contribution in [3.63, 3.8) is 0 Å². The molecule has 1 spiro atoms. The first-order valence-corrected chi connectivity index (χ1v) is 11.3. The molecule has 168 valence electrons. The van der Waals surface area contributed by atoms with E-state index < -0.39 is 11.6 Å². The van der Waals surface area contributed by atoms with Crippen molar-refractivity contribution in [2.75, 3.05) is 19.6 Å². The SMILES string of the molecule is O=C(CN1C(=O)NC2(CCCCC2)C1=O)NCc1ccc(CN2CCC(O)CC2)cc1. The van der Waals surface area contributed by atoms with Gasteiger partial charge < -0.3 is 15.7 Å². The summed E-state index contributed by atoms with van der Waals surface area (Å²) < 4.78 is 0. The van der Waals surface area contributed by atoms with Crippen molar-refractivity contribution in [1.82, 2.24) is 20.4 Å². The van der Waals surface area contributed by atoms with Crippen molar-refractivity contribution >= 4 is 17.8 Å². The number of nitrogens with one attached hydrogen (secondary N) is 2. The number of carbonyl (C=O) groups is 3. The third kappa shape index (κ3) is 5.07. The van der Waals surface area contributed by atoms with Crippen molar-refractivity contribution in [2.45, 2.75) is 69.7 Å². The maximum absolute atomic E-state index is 12.8. The van der Waals surface area contributed by atoms with E-state index in [0.29, 0.717) is 19.4 Å². The molecule has 0 radical (unpaired) electrons. The summed E-state index contributed by atoms with van der Waals surface area (Å²) in [6, 6.07) is 7.61. The van der Waals surface area contributed by atoms with Gasteiger partial charge in [-0.3, -0.25) is 19.4 Å². The summed E-state index contributed by atoms with van der Waals surface area (Å²) in [5.74, 6) is -0.603. The minimum atomic E-state index is -0.794. The number of nitrogens with zero attached hydrogens (tertiary/aromatic N) is 2. The zero-order chi connectivity index (χ0) is 21.8. The fourth-order valence-electron chi connectivity index (χ4n) is 4.81. The number of aliphatic hydroxyl groups is 1. The smallest absolute Gasteiger partial charge is 0.325 e. The van der Waals surface area contributed by atoms with Gasteiger partial charge in [0.25, 0.3) is 5.91 Å². The van der Waals surface area contributed by atoms with Crippen molar-refractivity contribution < 1.29 is 19.5 Å². The predicted octanol–water partition coefficient (Wildman–Crippen LogP) is 1.51. The van der Waals surface area contributed by atoms with Crippen LogP contribution in [0, 0.1) is 0 Å². The van der Waals surface area contributed by atoms with E-state index in [1.165, 1.54) is 5.56 Å². The first-order chi connectivity index (χ1) is 14.9. The molecule has 1 saturated carbocycles. The second-order valence-corrected chi connectivity index (χ2v) is 9.06. The Kier molecular flexibility index (Phi) is 6.57. The Morgan fingerprint density at radius 2 is 1.71 bits per heavy atom. The molecule has 0 atom stereocenters. The van der Waals surface area contributed by atoms with Crippen LogP contribution in [0.4, 0.5) is 4.79 Å². The molecular formula is C23H32N4O4. The van der Waals surface area contributed by atoms with Crippen LogP contribution in [0.1, 0.15) is 56.1 Å². The molecule has 2 saturated heterocycles. The number of hydrogen-bond donors (Lipinski definition) is 3. The molecule has 4 rings (SSSR count). The number of amides is 4. The molecule has 3 aliphatic rings. The van der Waals surface area contributed by atoms with Crippen LogP contribution >= 0.6 is 0 Å². The molecule has 31 heavy (non-hydrogen) atoms. The maximum Gasteiger partial charge on any atom is 0.325 e. The van der Waals surface area contributed by atoms with Gasteiger partial charge in [-0.25, -0.2) is 4.79 Å². The Labute approximate surface area is 183 Å². The van der Waals surface area contributed by atoms with Gasteiger partial charge in [0, 0.05) is 26.2 Å². The van der Waals surface area contributed by atoms with Gasteiger partial charge in [-0.05, 0) is 36.8 Å². The lowest BCUT2D eigenvalue weighted by Crippen LogP contribution is -2.49. The molecule has 0 unspecified atom stereocenters. The second kappa shape index (κ2) is 9.36. The molecule has 2 aliphatic heterocycles. The van der Waals surface area contributed by atoms with Gasteiger partial charge in [-0.1, -0.05) is 43.5 Å². The van der Waals surface area contributed by atoms with Gasteiger partial charge in [0.1, 0.15) is 12.1 Å². The minimum Gasteiger partial charge on any atom is -0.393 e. The summed E-state index contributed by atoms with van der Waals surface area (Å²) in [4.78, 5) is 40.8. The molecule has 1 aromatic carbocycles. The van der Waals surface area contributed by atoms with Crippen LogP contribution in [-0.4, -0.2) is 64.0 Å². The van der Waals surface area contributed by atoms with E-state index in [1.807, 2.05) is 12.1 Å². The highest BCUT2D eigenvalue weighted by Gasteiger charge is 2.51. The van der Waals surface area contributed by atoms with Crippen molar-refractivity contribution in [2.24, 2.45) is 0 Å².